The molecule has 1 heterocycles. The Bertz CT molecular complexity index is 1060. The topological polar surface area (TPSA) is 118 Å². The minimum atomic E-state index is -0.570. The number of carbonyl (C=O) groups excluding carboxylic acids is 1. The maximum absolute atomic E-state index is 13.0. The number of ether oxygens (including phenoxy) is 1. The molecule has 0 unspecified atom stereocenters. The van der Waals surface area contributed by atoms with Gasteiger partial charge in [0.25, 0.3) is 5.91 Å². The standard InChI is InChI=1S/C22H25ClN6O2/c1-31-18-9-8-15(23)13-17(18)26-19(30)14-6-5-7-16(12-14)29-21(25)27-20(24)28-22(29)10-3-2-4-11-22/h5-9,12-13H,2-4,10-11H2,1H3,(H,26,30)(H4,24,25,27,28). The number of rotatable bonds is 4. The number of guanidine groups is 2. The Morgan fingerprint density at radius 1 is 1.16 bits per heavy atom. The van der Waals surface area contributed by atoms with Crippen molar-refractivity contribution in [2.75, 3.05) is 17.3 Å². The van der Waals surface area contributed by atoms with E-state index in [2.05, 4.69) is 15.3 Å². The zero-order valence-electron chi connectivity index (χ0n) is 17.3. The lowest BCUT2D eigenvalue weighted by Gasteiger charge is -2.45. The first kappa shape index (κ1) is 21.0. The predicted molar refractivity (Wildman–Crippen MR) is 124 cm³/mol. The zero-order valence-corrected chi connectivity index (χ0v) is 18.0. The van der Waals surface area contributed by atoms with Crippen LogP contribution in [0.2, 0.25) is 5.02 Å². The molecule has 162 valence electrons. The van der Waals surface area contributed by atoms with E-state index in [9.17, 15) is 4.79 Å². The summed E-state index contributed by atoms with van der Waals surface area (Å²) in [6.45, 7) is 0. The number of hydrogen-bond acceptors (Lipinski definition) is 7. The number of nitrogens with zero attached hydrogens (tertiary/aromatic N) is 3. The first-order valence-corrected chi connectivity index (χ1v) is 10.5. The summed E-state index contributed by atoms with van der Waals surface area (Å²) in [5.41, 5.74) is 13.4. The van der Waals surface area contributed by atoms with Gasteiger partial charge in [-0.2, -0.15) is 4.99 Å². The summed E-state index contributed by atoms with van der Waals surface area (Å²) in [5, 5.41) is 3.36. The van der Waals surface area contributed by atoms with Crippen molar-refractivity contribution in [3.8, 4) is 5.75 Å². The van der Waals surface area contributed by atoms with Crippen molar-refractivity contribution in [2.45, 2.75) is 37.8 Å². The third kappa shape index (κ3) is 4.16. The number of hydrogen-bond donors (Lipinski definition) is 3. The van der Waals surface area contributed by atoms with Gasteiger partial charge in [-0.05, 0) is 62.1 Å². The lowest BCUT2D eigenvalue weighted by atomic mass is 9.87. The van der Waals surface area contributed by atoms with E-state index in [4.69, 9.17) is 27.8 Å². The van der Waals surface area contributed by atoms with Gasteiger partial charge in [-0.1, -0.05) is 24.1 Å². The monoisotopic (exact) mass is 440 g/mol. The van der Waals surface area contributed by atoms with Crippen molar-refractivity contribution >= 4 is 40.8 Å². The molecule has 9 heteroatoms. The van der Waals surface area contributed by atoms with Crippen LogP contribution in [0.4, 0.5) is 11.4 Å². The molecule has 2 aliphatic rings. The summed E-state index contributed by atoms with van der Waals surface area (Å²) in [5.74, 6) is 0.698. The van der Waals surface area contributed by atoms with Gasteiger partial charge >= 0.3 is 0 Å². The molecule has 0 atom stereocenters. The minimum Gasteiger partial charge on any atom is -0.495 e. The van der Waals surface area contributed by atoms with Crippen LogP contribution in [0.1, 0.15) is 42.5 Å². The summed E-state index contributed by atoms with van der Waals surface area (Å²) in [6, 6.07) is 12.3. The molecule has 1 fully saturated rings. The molecule has 8 nitrogen and oxygen atoms in total. The van der Waals surface area contributed by atoms with Crippen molar-refractivity contribution in [3.05, 3.63) is 53.1 Å². The smallest absolute Gasteiger partial charge is 0.255 e. The molecule has 0 bridgehead atoms. The van der Waals surface area contributed by atoms with Crippen LogP contribution in [0.3, 0.4) is 0 Å². The van der Waals surface area contributed by atoms with Crippen molar-refractivity contribution in [3.63, 3.8) is 0 Å². The molecule has 2 aromatic rings. The molecule has 1 saturated carbocycles. The normalized spacial score (nSPS) is 17.7. The first-order valence-electron chi connectivity index (χ1n) is 10.2. The number of benzene rings is 2. The second-order valence-electron chi connectivity index (χ2n) is 7.67. The molecule has 1 aliphatic heterocycles. The molecular weight excluding hydrogens is 416 g/mol. The molecule has 0 saturated heterocycles. The van der Waals surface area contributed by atoms with E-state index >= 15 is 0 Å². The maximum Gasteiger partial charge on any atom is 0.255 e. The SMILES string of the molecule is COc1ccc(Cl)cc1NC(=O)c1cccc(N2C(N)=NC(N)=NC23CCCCC3)c1. The van der Waals surface area contributed by atoms with E-state index in [-0.39, 0.29) is 17.8 Å². The highest BCUT2D eigenvalue weighted by atomic mass is 35.5. The van der Waals surface area contributed by atoms with Gasteiger partial charge in [0.05, 0.1) is 12.8 Å². The number of nitrogens with one attached hydrogen (secondary N) is 1. The van der Waals surface area contributed by atoms with Crippen molar-refractivity contribution in [1.82, 2.24) is 0 Å². The number of aliphatic imine (C=N–C) groups is 2. The lowest BCUT2D eigenvalue weighted by Crippen LogP contribution is -2.58. The van der Waals surface area contributed by atoms with Gasteiger partial charge in [-0.15, -0.1) is 0 Å². The minimum absolute atomic E-state index is 0.192. The van der Waals surface area contributed by atoms with Crippen LogP contribution in [0.15, 0.2) is 52.4 Å². The molecule has 1 spiro atoms. The highest BCUT2D eigenvalue weighted by molar-refractivity contribution is 6.31. The predicted octanol–water partition coefficient (Wildman–Crippen LogP) is 3.71. The summed E-state index contributed by atoms with van der Waals surface area (Å²) < 4.78 is 5.31. The van der Waals surface area contributed by atoms with E-state index in [1.54, 1.807) is 30.3 Å². The molecule has 1 amide bonds. The Morgan fingerprint density at radius 2 is 1.94 bits per heavy atom. The Hall–Kier alpha value is -3.26. The van der Waals surface area contributed by atoms with E-state index < -0.39 is 5.66 Å². The second-order valence-corrected chi connectivity index (χ2v) is 8.10. The summed E-state index contributed by atoms with van der Waals surface area (Å²) in [6.07, 6.45) is 4.83. The van der Waals surface area contributed by atoms with E-state index in [1.165, 1.54) is 7.11 Å². The number of amides is 1. The van der Waals surface area contributed by atoms with Crippen molar-refractivity contribution in [2.24, 2.45) is 21.5 Å². The zero-order chi connectivity index (χ0) is 22.0. The van der Waals surface area contributed by atoms with Gasteiger partial charge in [0.15, 0.2) is 0 Å². The average molecular weight is 441 g/mol. The molecule has 2 aromatic carbocycles. The maximum atomic E-state index is 13.0. The Morgan fingerprint density at radius 3 is 2.68 bits per heavy atom. The van der Waals surface area contributed by atoms with Crippen LogP contribution in [-0.2, 0) is 0 Å². The number of carbonyl (C=O) groups is 1. The second kappa shape index (κ2) is 8.47. The molecule has 31 heavy (non-hydrogen) atoms. The van der Waals surface area contributed by atoms with E-state index in [0.29, 0.717) is 22.0 Å². The lowest BCUT2D eigenvalue weighted by molar-refractivity contribution is 0.102. The molecule has 0 radical (unpaired) electrons. The van der Waals surface area contributed by atoms with Gasteiger partial charge in [0.1, 0.15) is 11.4 Å². The summed E-state index contributed by atoms with van der Waals surface area (Å²) >= 11 is 6.08. The van der Waals surface area contributed by atoms with Crippen LogP contribution < -0.4 is 26.4 Å². The highest BCUT2D eigenvalue weighted by Gasteiger charge is 2.42. The van der Waals surface area contributed by atoms with Gasteiger partial charge in [0.2, 0.25) is 11.9 Å². The molecular formula is C22H25ClN6O2. The van der Waals surface area contributed by atoms with Gasteiger partial charge in [-0.3, -0.25) is 9.69 Å². The Balaban J connectivity index is 1.66. The molecule has 0 aromatic heterocycles. The van der Waals surface area contributed by atoms with E-state index in [0.717, 1.165) is 37.8 Å². The molecule has 1 aliphatic carbocycles. The van der Waals surface area contributed by atoms with Gasteiger partial charge in [-0.25, -0.2) is 4.99 Å². The Kier molecular flexibility index (Phi) is 5.73. The summed E-state index contributed by atoms with van der Waals surface area (Å²) in [4.78, 5) is 23.8. The fourth-order valence-electron chi connectivity index (χ4n) is 4.25. The number of halogens is 1. The number of methoxy groups -OCH3 is 1. The third-order valence-electron chi connectivity index (χ3n) is 5.63. The van der Waals surface area contributed by atoms with Crippen LogP contribution in [-0.4, -0.2) is 30.6 Å². The van der Waals surface area contributed by atoms with Crippen LogP contribution in [0.5, 0.6) is 5.75 Å². The highest BCUT2D eigenvalue weighted by Crippen LogP contribution is 2.39. The number of nitrogens with two attached hydrogens (primary N) is 2. The molecule has 4 rings (SSSR count). The fraction of sp³-hybridized carbons (Fsp3) is 0.318. The summed E-state index contributed by atoms with van der Waals surface area (Å²) in [7, 11) is 1.54. The first-order chi connectivity index (χ1) is 14.9. The fourth-order valence-corrected chi connectivity index (χ4v) is 4.43. The van der Waals surface area contributed by atoms with Crippen molar-refractivity contribution < 1.29 is 9.53 Å². The van der Waals surface area contributed by atoms with Crippen LogP contribution >= 0.6 is 11.6 Å². The Labute approximate surface area is 185 Å². The van der Waals surface area contributed by atoms with Crippen LogP contribution in [0, 0.1) is 0 Å². The third-order valence-corrected chi connectivity index (χ3v) is 5.86. The van der Waals surface area contributed by atoms with E-state index in [1.807, 2.05) is 17.0 Å². The largest absolute Gasteiger partial charge is 0.495 e. The van der Waals surface area contributed by atoms with Crippen LogP contribution in [0.25, 0.3) is 0 Å². The molecule has 5 N–H and O–H groups in total. The van der Waals surface area contributed by atoms with Gasteiger partial charge in [0, 0.05) is 16.3 Å². The average Bonchev–Trinajstić information content (AvgIpc) is 2.74. The number of anilines is 2. The quantitative estimate of drug-likeness (QED) is 0.669. The van der Waals surface area contributed by atoms with Gasteiger partial charge < -0.3 is 21.5 Å². The van der Waals surface area contributed by atoms with Crippen molar-refractivity contribution in [1.29, 1.82) is 0 Å².